The summed E-state index contributed by atoms with van der Waals surface area (Å²) in [7, 11) is 0. The molecule has 0 bridgehead atoms. The molecular formula is C15H21BrO3. The molecule has 0 heterocycles. The molecule has 0 radical (unpaired) electrons. The standard InChI is InChI=1S/C15H21BrO3/c1-3-5-15(14(18)10-16)19-12-8-6-11(7-9-12)13(17)4-2/h6-9,14-15,18H,3-5,10H2,1-2H3. The Hall–Kier alpha value is -0.870. The van der Waals surface area contributed by atoms with Crippen molar-refractivity contribution in [3.63, 3.8) is 0 Å². The van der Waals surface area contributed by atoms with Gasteiger partial charge < -0.3 is 9.84 Å². The Morgan fingerprint density at radius 3 is 2.42 bits per heavy atom. The van der Waals surface area contributed by atoms with Gasteiger partial charge in [0.1, 0.15) is 18.0 Å². The maximum Gasteiger partial charge on any atom is 0.162 e. The van der Waals surface area contributed by atoms with E-state index >= 15 is 0 Å². The molecule has 2 unspecified atom stereocenters. The van der Waals surface area contributed by atoms with Gasteiger partial charge in [-0.3, -0.25) is 4.79 Å². The Bertz CT molecular complexity index is 389. The molecule has 0 aromatic heterocycles. The molecule has 1 N–H and O–H groups in total. The maximum absolute atomic E-state index is 11.5. The predicted octanol–water partition coefficient (Wildman–Crippen LogP) is 3.58. The molecule has 0 aliphatic heterocycles. The zero-order valence-corrected chi connectivity index (χ0v) is 13.0. The number of hydrogen-bond donors (Lipinski definition) is 1. The Morgan fingerprint density at radius 1 is 1.32 bits per heavy atom. The highest BCUT2D eigenvalue weighted by Gasteiger charge is 2.19. The first-order valence-electron chi connectivity index (χ1n) is 6.66. The summed E-state index contributed by atoms with van der Waals surface area (Å²) < 4.78 is 5.78. The molecule has 4 heteroatoms. The molecule has 0 saturated heterocycles. The van der Waals surface area contributed by atoms with Crippen molar-refractivity contribution >= 4 is 21.7 Å². The molecule has 1 rings (SSSR count). The van der Waals surface area contributed by atoms with Gasteiger partial charge in [-0.05, 0) is 30.7 Å². The lowest BCUT2D eigenvalue weighted by Crippen LogP contribution is -2.32. The zero-order chi connectivity index (χ0) is 14.3. The molecule has 0 spiro atoms. The zero-order valence-electron chi connectivity index (χ0n) is 11.4. The van der Waals surface area contributed by atoms with E-state index < -0.39 is 6.10 Å². The Labute approximate surface area is 123 Å². The number of carbonyl (C=O) groups excluding carboxylic acids is 1. The minimum Gasteiger partial charge on any atom is -0.488 e. The first kappa shape index (κ1) is 16.2. The van der Waals surface area contributed by atoms with Crippen LogP contribution in [0.2, 0.25) is 0 Å². The first-order valence-corrected chi connectivity index (χ1v) is 7.78. The molecule has 0 fully saturated rings. The van der Waals surface area contributed by atoms with Gasteiger partial charge in [0.25, 0.3) is 0 Å². The summed E-state index contributed by atoms with van der Waals surface area (Å²) in [6.45, 7) is 3.90. The summed E-state index contributed by atoms with van der Waals surface area (Å²) in [5, 5.41) is 10.4. The monoisotopic (exact) mass is 328 g/mol. The average Bonchev–Trinajstić information content (AvgIpc) is 2.46. The van der Waals surface area contributed by atoms with E-state index in [2.05, 4.69) is 22.9 Å². The van der Waals surface area contributed by atoms with Gasteiger partial charge in [0.2, 0.25) is 0 Å². The van der Waals surface area contributed by atoms with E-state index in [9.17, 15) is 9.90 Å². The highest BCUT2D eigenvalue weighted by molar-refractivity contribution is 9.09. The van der Waals surface area contributed by atoms with Crippen LogP contribution in [0.5, 0.6) is 5.75 Å². The highest BCUT2D eigenvalue weighted by Crippen LogP contribution is 2.18. The molecule has 0 saturated carbocycles. The number of ketones is 1. The Balaban J connectivity index is 2.71. The third kappa shape index (κ3) is 4.96. The van der Waals surface area contributed by atoms with Crippen LogP contribution in [-0.2, 0) is 0 Å². The van der Waals surface area contributed by atoms with Crippen molar-refractivity contribution in [2.24, 2.45) is 0 Å². The number of halogens is 1. The van der Waals surface area contributed by atoms with Gasteiger partial charge in [0.05, 0.1) is 0 Å². The SMILES string of the molecule is CCCC(Oc1ccc(C(=O)CC)cc1)C(O)CBr. The largest absolute Gasteiger partial charge is 0.488 e. The van der Waals surface area contributed by atoms with Gasteiger partial charge >= 0.3 is 0 Å². The van der Waals surface area contributed by atoms with Crippen LogP contribution in [0, 0.1) is 0 Å². The molecule has 2 atom stereocenters. The van der Waals surface area contributed by atoms with Crippen LogP contribution in [0.4, 0.5) is 0 Å². The van der Waals surface area contributed by atoms with Crippen LogP contribution < -0.4 is 4.74 Å². The number of rotatable bonds is 8. The number of aliphatic hydroxyl groups excluding tert-OH is 1. The molecule has 3 nitrogen and oxygen atoms in total. The number of hydrogen-bond acceptors (Lipinski definition) is 3. The van der Waals surface area contributed by atoms with Gasteiger partial charge in [-0.1, -0.05) is 36.2 Å². The Morgan fingerprint density at radius 2 is 1.95 bits per heavy atom. The summed E-state index contributed by atoms with van der Waals surface area (Å²) >= 11 is 3.26. The summed E-state index contributed by atoms with van der Waals surface area (Å²) in [4.78, 5) is 11.5. The number of carbonyl (C=O) groups is 1. The number of aliphatic hydroxyl groups is 1. The van der Waals surface area contributed by atoms with E-state index in [0.29, 0.717) is 23.1 Å². The average molecular weight is 329 g/mol. The molecular weight excluding hydrogens is 308 g/mol. The van der Waals surface area contributed by atoms with Crippen LogP contribution in [-0.4, -0.2) is 28.4 Å². The van der Waals surface area contributed by atoms with E-state index in [-0.39, 0.29) is 11.9 Å². The van der Waals surface area contributed by atoms with E-state index in [1.165, 1.54) is 0 Å². The fourth-order valence-electron chi connectivity index (χ4n) is 1.81. The highest BCUT2D eigenvalue weighted by atomic mass is 79.9. The number of ether oxygens (including phenoxy) is 1. The van der Waals surface area contributed by atoms with Crippen molar-refractivity contribution < 1.29 is 14.6 Å². The lowest BCUT2D eigenvalue weighted by molar-refractivity contribution is 0.0467. The number of alkyl halides is 1. The lowest BCUT2D eigenvalue weighted by Gasteiger charge is -2.22. The van der Waals surface area contributed by atoms with Gasteiger partial charge in [-0.2, -0.15) is 0 Å². The fourth-order valence-corrected chi connectivity index (χ4v) is 2.23. The van der Waals surface area contributed by atoms with Crippen LogP contribution >= 0.6 is 15.9 Å². The van der Waals surface area contributed by atoms with Crippen molar-refractivity contribution in [1.29, 1.82) is 0 Å². The number of Topliss-reactive ketones (excluding diaryl/α,β-unsaturated/α-hetero) is 1. The molecule has 0 amide bonds. The van der Waals surface area contributed by atoms with Crippen LogP contribution in [0.1, 0.15) is 43.5 Å². The Kier molecular flexibility index (Phi) is 7.10. The van der Waals surface area contributed by atoms with Crippen LogP contribution in [0.25, 0.3) is 0 Å². The third-order valence-electron chi connectivity index (χ3n) is 2.95. The third-order valence-corrected chi connectivity index (χ3v) is 3.61. The minimum absolute atomic E-state index is 0.122. The van der Waals surface area contributed by atoms with Crippen LogP contribution in [0.15, 0.2) is 24.3 Å². The summed E-state index contributed by atoms with van der Waals surface area (Å²) in [5.41, 5.74) is 0.697. The van der Waals surface area contributed by atoms with Crippen molar-refractivity contribution in [3.8, 4) is 5.75 Å². The lowest BCUT2D eigenvalue weighted by atomic mass is 10.1. The van der Waals surface area contributed by atoms with Crippen molar-refractivity contribution in [2.75, 3.05) is 5.33 Å². The van der Waals surface area contributed by atoms with Crippen molar-refractivity contribution in [1.82, 2.24) is 0 Å². The molecule has 0 aliphatic carbocycles. The quantitative estimate of drug-likeness (QED) is 0.586. The van der Waals surface area contributed by atoms with E-state index in [1.807, 2.05) is 6.92 Å². The second-order valence-electron chi connectivity index (χ2n) is 4.47. The van der Waals surface area contributed by atoms with Gasteiger partial charge in [-0.15, -0.1) is 0 Å². The van der Waals surface area contributed by atoms with Crippen molar-refractivity contribution in [3.05, 3.63) is 29.8 Å². The summed E-state index contributed by atoms with van der Waals surface area (Å²) in [5.74, 6) is 0.809. The summed E-state index contributed by atoms with van der Waals surface area (Å²) in [6, 6.07) is 7.11. The fraction of sp³-hybridized carbons (Fsp3) is 0.533. The molecule has 19 heavy (non-hydrogen) atoms. The molecule has 1 aromatic rings. The first-order chi connectivity index (χ1) is 9.12. The van der Waals surface area contributed by atoms with Gasteiger partial charge in [-0.25, -0.2) is 0 Å². The second-order valence-corrected chi connectivity index (χ2v) is 5.12. The number of benzene rings is 1. The van der Waals surface area contributed by atoms with Gasteiger partial charge in [0, 0.05) is 17.3 Å². The van der Waals surface area contributed by atoms with E-state index in [0.717, 1.165) is 12.8 Å². The van der Waals surface area contributed by atoms with Crippen molar-refractivity contribution in [2.45, 2.75) is 45.3 Å². The van der Waals surface area contributed by atoms with Gasteiger partial charge in [0.15, 0.2) is 5.78 Å². The summed E-state index contributed by atoms with van der Waals surface area (Å²) in [6.07, 6.45) is 1.49. The predicted molar refractivity (Wildman–Crippen MR) is 80.2 cm³/mol. The molecule has 106 valence electrons. The molecule has 0 aliphatic rings. The minimum atomic E-state index is -0.531. The van der Waals surface area contributed by atoms with E-state index in [4.69, 9.17) is 4.74 Å². The topological polar surface area (TPSA) is 46.5 Å². The normalized spacial score (nSPS) is 13.9. The second kappa shape index (κ2) is 8.33. The van der Waals surface area contributed by atoms with Crippen LogP contribution in [0.3, 0.4) is 0 Å². The van der Waals surface area contributed by atoms with E-state index in [1.54, 1.807) is 24.3 Å². The smallest absolute Gasteiger partial charge is 0.162 e. The maximum atomic E-state index is 11.5. The molecule has 1 aromatic carbocycles.